The van der Waals surface area contributed by atoms with Crippen molar-refractivity contribution < 1.29 is 9.53 Å². The second kappa shape index (κ2) is 7.02. The van der Waals surface area contributed by atoms with Crippen LogP contribution in [0.3, 0.4) is 0 Å². The van der Waals surface area contributed by atoms with Crippen LogP contribution in [0.4, 0.5) is 5.69 Å². The average molecular weight is 262 g/mol. The van der Waals surface area contributed by atoms with Crippen molar-refractivity contribution in [3.8, 4) is 5.75 Å². The highest BCUT2D eigenvalue weighted by Crippen LogP contribution is 2.27. The number of hydrogen-bond acceptors (Lipinski definition) is 3. The van der Waals surface area contributed by atoms with Gasteiger partial charge in [0.25, 0.3) is 0 Å². The molecule has 1 aromatic rings. The Hall–Kier alpha value is -1.71. The maximum Gasteiger partial charge on any atom is 0.220 e. The van der Waals surface area contributed by atoms with E-state index in [1.165, 1.54) is 25.7 Å². The Balaban J connectivity index is 1.58. The Morgan fingerprint density at radius 2 is 1.95 bits per heavy atom. The largest absolute Gasteiger partial charge is 0.492 e. The minimum absolute atomic E-state index is 0.146. The lowest BCUT2D eigenvalue weighted by Crippen LogP contribution is -2.29. The summed E-state index contributed by atoms with van der Waals surface area (Å²) in [5.41, 5.74) is 6.31. The number of benzene rings is 1. The number of rotatable bonds is 6. The smallest absolute Gasteiger partial charge is 0.220 e. The van der Waals surface area contributed by atoms with Crippen molar-refractivity contribution in [3.63, 3.8) is 0 Å². The zero-order valence-electron chi connectivity index (χ0n) is 11.2. The predicted molar refractivity (Wildman–Crippen MR) is 75.9 cm³/mol. The van der Waals surface area contributed by atoms with E-state index in [1.54, 1.807) is 12.1 Å². The molecule has 3 N–H and O–H groups in total. The number of amides is 1. The van der Waals surface area contributed by atoms with Gasteiger partial charge < -0.3 is 15.8 Å². The third kappa shape index (κ3) is 4.81. The van der Waals surface area contributed by atoms with E-state index in [0.29, 0.717) is 25.5 Å². The van der Waals surface area contributed by atoms with E-state index < -0.39 is 0 Å². The van der Waals surface area contributed by atoms with Crippen LogP contribution in [0.1, 0.15) is 32.1 Å². The first-order valence-electron chi connectivity index (χ1n) is 6.99. The van der Waals surface area contributed by atoms with E-state index >= 15 is 0 Å². The first-order valence-corrected chi connectivity index (χ1v) is 6.99. The summed E-state index contributed by atoms with van der Waals surface area (Å²) in [5.74, 6) is 1.52. The molecule has 0 atom stereocenters. The van der Waals surface area contributed by atoms with Crippen molar-refractivity contribution in [1.29, 1.82) is 0 Å². The van der Waals surface area contributed by atoms with E-state index in [2.05, 4.69) is 5.32 Å². The molecule has 1 amide bonds. The number of nitrogens with two attached hydrogens (primary N) is 1. The van der Waals surface area contributed by atoms with Crippen LogP contribution in [-0.2, 0) is 4.79 Å². The fraction of sp³-hybridized carbons (Fsp3) is 0.533. The second-order valence-electron chi connectivity index (χ2n) is 5.12. The molecular formula is C15H22N2O2. The molecule has 1 aliphatic rings. The number of hydrogen-bond donors (Lipinski definition) is 2. The van der Waals surface area contributed by atoms with E-state index in [-0.39, 0.29) is 5.91 Å². The molecule has 0 saturated heterocycles. The summed E-state index contributed by atoms with van der Waals surface area (Å²) < 4.78 is 5.51. The highest BCUT2D eigenvalue weighted by molar-refractivity contribution is 5.76. The van der Waals surface area contributed by atoms with Crippen LogP contribution < -0.4 is 15.8 Å². The molecule has 1 aliphatic carbocycles. The van der Waals surface area contributed by atoms with Gasteiger partial charge in [0.2, 0.25) is 5.91 Å². The van der Waals surface area contributed by atoms with E-state index in [9.17, 15) is 4.79 Å². The summed E-state index contributed by atoms with van der Waals surface area (Å²) in [5, 5.41) is 2.90. The van der Waals surface area contributed by atoms with Gasteiger partial charge in [-0.05, 0) is 43.0 Å². The van der Waals surface area contributed by atoms with Crippen molar-refractivity contribution in [1.82, 2.24) is 5.32 Å². The first-order chi connectivity index (χ1) is 9.24. The fourth-order valence-electron chi connectivity index (χ4n) is 2.47. The molecule has 0 heterocycles. The molecule has 19 heavy (non-hydrogen) atoms. The molecule has 0 aliphatic heterocycles. The van der Waals surface area contributed by atoms with Crippen molar-refractivity contribution in [3.05, 3.63) is 24.3 Å². The lowest BCUT2D eigenvalue weighted by atomic mass is 10.0. The zero-order chi connectivity index (χ0) is 13.5. The number of ether oxygens (including phenoxy) is 1. The summed E-state index contributed by atoms with van der Waals surface area (Å²) in [4.78, 5) is 11.7. The minimum Gasteiger partial charge on any atom is -0.492 e. The highest BCUT2D eigenvalue weighted by atomic mass is 16.5. The molecule has 2 rings (SSSR count). The maximum absolute atomic E-state index is 11.7. The van der Waals surface area contributed by atoms with E-state index in [0.717, 1.165) is 11.4 Å². The molecule has 0 radical (unpaired) electrons. The third-order valence-corrected chi connectivity index (χ3v) is 3.52. The van der Waals surface area contributed by atoms with Crippen molar-refractivity contribution >= 4 is 11.6 Å². The molecule has 0 bridgehead atoms. The molecule has 4 heteroatoms. The van der Waals surface area contributed by atoms with Gasteiger partial charge in [-0.15, -0.1) is 0 Å². The van der Waals surface area contributed by atoms with Gasteiger partial charge in [-0.3, -0.25) is 4.79 Å². The predicted octanol–water partition coefficient (Wildman–Crippen LogP) is 2.34. The summed E-state index contributed by atoms with van der Waals surface area (Å²) in [6, 6.07) is 7.26. The number of nitrogens with one attached hydrogen (secondary N) is 1. The quantitative estimate of drug-likeness (QED) is 0.611. The van der Waals surface area contributed by atoms with Gasteiger partial charge in [0.1, 0.15) is 12.4 Å². The Morgan fingerprint density at radius 1 is 1.26 bits per heavy atom. The van der Waals surface area contributed by atoms with Gasteiger partial charge >= 0.3 is 0 Å². The first kappa shape index (κ1) is 13.7. The molecule has 0 unspecified atom stereocenters. The second-order valence-corrected chi connectivity index (χ2v) is 5.12. The van der Waals surface area contributed by atoms with Crippen LogP contribution in [-0.4, -0.2) is 19.1 Å². The van der Waals surface area contributed by atoms with Gasteiger partial charge in [0, 0.05) is 12.1 Å². The van der Waals surface area contributed by atoms with Gasteiger partial charge in [-0.1, -0.05) is 12.8 Å². The fourth-order valence-corrected chi connectivity index (χ4v) is 2.47. The van der Waals surface area contributed by atoms with Crippen LogP contribution in [0.2, 0.25) is 0 Å². The van der Waals surface area contributed by atoms with Crippen LogP contribution in [0.25, 0.3) is 0 Å². The highest BCUT2D eigenvalue weighted by Gasteiger charge is 2.17. The maximum atomic E-state index is 11.7. The van der Waals surface area contributed by atoms with Crippen LogP contribution in [0.15, 0.2) is 24.3 Å². The minimum atomic E-state index is 0.146. The van der Waals surface area contributed by atoms with Crippen molar-refractivity contribution in [2.75, 3.05) is 18.9 Å². The molecular weight excluding hydrogens is 240 g/mol. The normalized spacial score (nSPS) is 15.4. The van der Waals surface area contributed by atoms with Crippen LogP contribution >= 0.6 is 0 Å². The molecule has 1 saturated carbocycles. The number of nitrogen functional groups attached to an aromatic ring is 1. The lowest BCUT2D eigenvalue weighted by molar-refractivity contribution is -0.122. The van der Waals surface area contributed by atoms with Crippen molar-refractivity contribution in [2.45, 2.75) is 32.1 Å². The standard InChI is InChI=1S/C15H22N2O2/c16-13-5-7-14(8-6-13)19-10-9-17-15(18)11-12-3-1-2-4-12/h5-8,12H,1-4,9-11,16H2,(H,17,18). The molecule has 104 valence electrons. The Kier molecular flexibility index (Phi) is 5.07. The Morgan fingerprint density at radius 3 is 2.63 bits per heavy atom. The van der Waals surface area contributed by atoms with Gasteiger partial charge in [-0.2, -0.15) is 0 Å². The summed E-state index contributed by atoms with van der Waals surface area (Å²) in [6.07, 6.45) is 5.63. The van der Waals surface area contributed by atoms with Crippen LogP contribution in [0.5, 0.6) is 5.75 Å². The molecule has 1 fully saturated rings. The van der Waals surface area contributed by atoms with Gasteiger partial charge in [0.05, 0.1) is 6.54 Å². The van der Waals surface area contributed by atoms with E-state index in [4.69, 9.17) is 10.5 Å². The summed E-state index contributed by atoms with van der Waals surface area (Å²) >= 11 is 0. The Bertz CT molecular complexity index is 397. The summed E-state index contributed by atoms with van der Waals surface area (Å²) in [7, 11) is 0. The lowest BCUT2D eigenvalue weighted by Gasteiger charge is -2.10. The van der Waals surface area contributed by atoms with Gasteiger partial charge in [-0.25, -0.2) is 0 Å². The summed E-state index contributed by atoms with van der Waals surface area (Å²) in [6.45, 7) is 1.04. The topological polar surface area (TPSA) is 64.3 Å². The van der Waals surface area contributed by atoms with Gasteiger partial charge in [0.15, 0.2) is 0 Å². The SMILES string of the molecule is Nc1ccc(OCCNC(=O)CC2CCCC2)cc1. The molecule has 1 aromatic carbocycles. The zero-order valence-corrected chi connectivity index (χ0v) is 11.2. The monoisotopic (exact) mass is 262 g/mol. The van der Waals surface area contributed by atoms with Crippen LogP contribution in [0, 0.1) is 5.92 Å². The average Bonchev–Trinajstić information content (AvgIpc) is 2.89. The number of carbonyl (C=O) groups is 1. The van der Waals surface area contributed by atoms with E-state index in [1.807, 2.05) is 12.1 Å². The molecule has 4 nitrogen and oxygen atoms in total. The Labute approximate surface area is 114 Å². The number of carbonyl (C=O) groups excluding carboxylic acids is 1. The third-order valence-electron chi connectivity index (χ3n) is 3.52. The van der Waals surface area contributed by atoms with Crippen molar-refractivity contribution in [2.24, 2.45) is 5.92 Å². The number of anilines is 1. The molecule has 0 spiro atoms. The molecule has 0 aromatic heterocycles.